The minimum Gasteiger partial charge on any atom is -0.405 e. The summed E-state index contributed by atoms with van der Waals surface area (Å²) in [6.07, 6.45) is 6.05. The lowest BCUT2D eigenvalue weighted by molar-refractivity contribution is 0.249. The van der Waals surface area contributed by atoms with Gasteiger partial charge in [0.15, 0.2) is 5.82 Å². The summed E-state index contributed by atoms with van der Waals surface area (Å²) in [5, 5.41) is 5.40. The molecule has 168 valence electrons. The van der Waals surface area contributed by atoms with Gasteiger partial charge in [0.2, 0.25) is 5.95 Å². The molecule has 9 nitrogen and oxygen atoms in total. The Bertz CT molecular complexity index is 952. The molecule has 3 heterocycles. The van der Waals surface area contributed by atoms with Crippen LogP contribution in [0.1, 0.15) is 15.3 Å². The van der Waals surface area contributed by atoms with Gasteiger partial charge in [-0.05, 0) is 49.0 Å². The second-order valence-corrected chi connectivity index (χ2v) is 6.94. The summed E-state index contributed by atoms with van der Waals surface area (Å²) in [6.45, 7) is 6.06. The highest BCUT2D eigenvalue weighted by Gasteiger charge is 2.20. The van der Waals surface area contributed by atoms with E-state index in [-0.39, 0.29) is 8.88 Å². The number of anilines is 2. The second-order valence-electron chi connectivity index (χ2n) is 6.94. The van der Waals surface area contributed by atoms with Crippen LogP contribution in [-0.4, -0.2) is 59.8 Å². The van der Waals surface area contributed by atoms with Crippen LogP contribution < -0.4 is 21.3 Å². The van der Waals surface area contributed by atoms with Crippen molar-refractivity contribution in [3.63, 3.8) is 0 Å². The van der Waals surface area contributed by atoms with E-state index < -0.39 is 5.95 Å². The first-order chi connectivity index (χ1) is 15.1. The second kappa shape index (κ2) is 11.0. The fourth-order valence-corrected chi connectivity index (χ4v) is 3.26. The maximum Gasteiger partial charge on any atom is 0.320 e. The summed E-state index contributed by atoms with van der Waals surface area (Å²) in [4.78, 5) is 28.1. The number of carbonyl (C=O) groups is 1. The topological polar surface area (TPSA) is 112 Å². The van der Waals surface area contributed by atoms with Crippen molar-refractivity contribution in [3.05, 3.63) is 54.2 Å². The van der Waals surface area contributed by atoms with E-state index in [2.05, 4.69) is 30.5 Å². The van der Waals surface area contributed by atoms with Gasteiger partial charge in [-0.3, -0.25) is 10.2 Å². The molecule has 1 fully saturated rings. The molecule has 2 amide bonds. The van der Waals surface area contributed by atoms with Crippen LogP contribution in [0, 0.1) is 5.95 Å². The summed E-state index contributed by atoms with van der Waals surface area (Å²) < 4.78 is 14.5. The molecule has 0 bridgehead atoms. The lowest BCUT2D eigenvalue weighted by atomic mass is 10.2. The molecule has 2 aromatic heterocycles. The minimum atomic E-state index is -0.532. The molecule has 1 aliphatic rings. The summed E-state index contributed by atoms with van der Waals surface area (Å²) in [5.74, 6) is 0.280. The standard InChI is InChI=1S/C21H27FN8O.2H2/c1-2-24-21(31)28-19-14-16(6-9-26-19)15-29-10-12-30(13-11-29)17-4-5-18(27-20(17)22)25-8-3-7-23;;/h3-9,14H,2,10-13,15,23H2,1H3,(H2,24,26,28,31);2*1H/b7-3-,25-8?;;. The molecule has 0 saturated carbocycles. The van der Waals surface area contributed by atoms with Crippen LogP contribution in [0.5, 0.6) is 0 Å². The first-order valence-electron chi connectivity index (χ1n) is 10.1. The Kier molecular flexibility index (Phi) is 7.88. The Hall–Kier alpha value is -3.53. The molecule has 0 unspecified atom stereocenters. The average molecular weight is 431 g/mol. The highest BCUT2D eigenvalue weighted by Crippen LogP contribution is 2.23. The van der Waals surface area contributed by atoms with Crippen molar-refractivity contribution < 1.29 is 12.0 Å². The third kappa shape index (κ3) is 6.48. The normalized spacial score (nSPS) is 15.0. The van der Waals surface area contributed by atoms with Crippen molar-refractivity contribution in [3.8, 4) is 0 Å². The summed E-state index contributed by atoms with van der Waals surface area (Å²) >= 11 is 0. The highest BCUT2D eigenvalue weighted by molar-refractivity contribution is 5.88. The van der Waals surface area contributed by atoms with Gasteiger partial charge in [0, 0.05) is 54.5 Å². The zero-order chi connectivity index (χ0) is 22.1. The van der Waals surface area contributed by atoms with Gasteiger partial charge in [-0.15, -0.1) is 0 Å². The molecule has 0 aromatic carbocycles. The molecule has 0 atom stereocenters. The minimum absolute atomic E-state index is 0. The van der Waals surface area contributed by atoms with Crippen molar-refractivity contribution in [2.45, 2.75) is 13.5 Å². The molecule has 4 N–H and O–H groups in total. The number of hydrogen-bond acceptors (Lipinski definition) is 7. The first kappa shape index (κ1) is 22.2. The van der Waals surface area contributed by atoms with Gasteiger partial charge in [-0.25, -0.2) is 14.8 Å². The predicted octanol–water partition coefficient (Wildman–Crippen LogP) is 2.75. The molecule has 2 aromatic rings. The van der Waals surface area contributed by atoms with Crippen LogP contribution in [0.15, 0.2) is 47.7 Å². The number of halogens is 1. The van der Waals surface area contributed by atoms with Crippen LogP contribution in [0.25, 0.3) is 0 Å². The van der Waals surface area contributed by atoms with E-state index in [1.165, 1.54) is 12.4 Å². The highest BCUT2D eigenvalue weighted by atomic mass is 19.1. The molecule has 0 aliphatic carbocycles. The van der Waals surface area contributed by atoms with Crippen LogP contribution in [0.2, 0.25) is 0 Å². The molecule has 0 spiro atoms. The van der Waals surface area contributed by atoms with E-state index >= 15 is 0 Å². The third-order valence-electron chi connectivity index (χ3n) is 4.74. The SMILES string of the molecule is CCNC(=O)Nc1cc(CN2CCN(c3ccc(N=C/C=C\N)nc3F)CC2)ccn1.[HH].[HH]. The number of nitrogens with zero attached hydrogens (tertiary/aromatic N) is 5. The Morgan fingerprint density at radius 3 is 2.84 bits per heavy atom. The smallest absolute Gasteiger partial charge is 0.320 e. The van der Waals surface area contributed by atoms with Gasteiger partial charge in [0.1, 0.15) is 5.82 Å². The van der Waals surface area contributed by atoms with E-state index in [4.69, 9.17) is 5.73 Å². The predicted molar refractivity (Wildman–Crippen MR) is 124 cm³/mol. The number of hydrogen-bond donors (Lipinski definition) is 3. The fourth-order valence-electron chi connectivity index (χ4n) is 3.26. The maximum absolute atomic E-state index is 14.5. The van der Waals surface area contributed by atoms with Gasteiger partial charge in [-0.1, -0.05) is 0 Å². The van der Waals surface area contributed by atoms with Crippen molar-refractivity contribution in [2.75, 3.05) is 42.9 Å². The number of amides is 2. The lowest BCUT2D eigenvalue weighted by Gasteiger charge is -2.36. The number of rotatable bonds is 7. The van der Waals surface area contributed by atoms with Crippen molar-refractivity contribution in [1.29, 1.82) is 0 Å². The maximum atomic E-state index is 14.5. The van der Waals surface area contributed by atoms with Gasteiger partial charge in [0.05, 0.1) is 5.69 Å². The number of carbonyl (C=O) groups excluding carboxylic acids is 1. The molecular formula is C21H31FN8O. The molecule has 0 radical (unpaired) electrons. The van der Waals surface area contributed by atoms with Crippen molar-refractivity contribution >= 4 is 29.6 Å². The Balaban J connectivity index is 0.00000272. The number of pyridine rings is 2. The zero-order valence-electron chi connectivity index (χ0n) is 17.5. The third-order valence-corrected chi connectivity index (χ3v) is 4.74. The number of nitrogens with one attached hydrogen (secondary N) is 2. The van der Waals surface area contributed by atoms with Gasteiger partial charge in [-0.2, -0.15) is 9.37 Å². The number of nitrogens with two attached hydrogens (primary N) is 1. The number of aliphatic imine (C=N–C) groups is 1. The molecule has 3 rings (SSSR count). The van der Waals surface area contributed by atoms with E-state index in [9.17, 15) is 9.18 Å². The van der Waals surface area contributed by atoms with Gasteiger partial charge < -0.3 is 16.0 Å². The van der Waals surface area contributed by atoms with Crippen LogP contribution >= 0.6 is 0 Å². The van der Waals surface area contributed by atoms with Crippen molar-refractivity contribution in [2.24, 2.45) is 10.7 Å². The molecule has 10 heteroatoms. The summed E-state index contributed by atoms with van der Waals surface area (Å²) in [5.41, 5.74) is 6.77. The Morgan fingerprint density at radius 1 is 1.32 bits per heavy atom. The van der Waals surface area contributed by atoms with E-state index in [1.807, 2.05) is 24.0 Å². The summed E-state index contributed by atoms with van der Waals surface area (Å²) in [7, 11) is 0. The van der Waals surface area contributed by atoms with Gasteiger partial charge >= 0.3 is 6.03 Å². The largest absolute Gasteiger partial charge is 0.405 e. The van der Waals surface area contributed by atoms with E-state index in [0.717, 1.165) is 25.2 Å². The fraction of sp³-hybridized carbons (Fsp3) is 0.333. The van der Waals surface area contributed by atoms with Gasteiger partial charge in [0.25, 0.3) is 0 Å². The molecule has 1 saturated heterocycles. The first-order valence-corrected chi connectivity index (χ1v) is 10.1. The average Bonchev–Trinajstić information content (AvgIpc) is 2.75. The number of urea groups is 1. The van der Waals surface area contributed by atoms with E-state index in [0.29, 0.717) is 37.0 Å². The summed E-state index contributed by atoms with van der Waals surface area (Å²) in [6, 6.07) is 6.91. The van der Waals surface area contributed by atoms with Crippen molar-refractivity contribution in [1.82, 2.24) is 20.2 Å². The lowest BCUT2D eigenvalue weighted by Crippen LogP contribution is -2.46. The number of allylic oxidation sites excluding steroid dienone is 1. The van der Waals surface area contributed by atoms with E-state index in [1.54, 1.807) is 24.4 Å². The van der Waals surface area contributed by atoms with Crippen LogP contribution in [-0.2, 0) is 6.54 Å². The molecule has 1 aliphatic heterocycles. The quantitative estimate of drug-likeness (QED) is 0.460. The zero-order valence-corrected chi connectivity index (χ0v) is 17.5. The number of piperazine rings is 1. The molecular weight excluding hydrogens is 399 g/mol. The van der Waals surface area contributed by atoms with Crippen LogP contribution in [0.4, 0.5) is 26.5 Å². The van der Waals surface area contributed by atoms with Crippen LogP contribution in [0.3, 0.4) is 0 Å². The monoisotopic (exact) mass is 430 g/mol. The molecule has 31 heavy (non-hydrogen) atoms. The Morgan fingerprint density at radius 2 is 2.13 bits per heavy atom. The number of aromatic nitrogens is 2. The Labute approximate surface area is 183 Å².